The fourth-order valence-corrected chi connectivity index (χ4v) is 1.75. The van der Waals surface area contributed by atoms with Crippen LogP contribution in [0.3, 0.4) is 0 Å². The van der Waals surface area contributed by atoms with E-state index in [1.807, 2.05) is 19.4 Å². The zero-order chi connectivity index (χ0) is 11.5. The van der Waals surface area contributed by atoms with Crippen LogP contribution in [-0.2, 0) is 13.6 Å². The Morgan fingerprint density at radius 3 is 2.88 bits per heavy atom. The highest BCUT2D eigenvalue weighted by Gasteiger charge is 2.01. The quantitative estimate of drug-likeness (QED) is 0.912. The van der Waals surface area contributed by atoms with Gasteiger partial charge in [-0.1, -0.05) is 23.2 Å². The third-order valence-corrected chi connectivity index (χ3v) is 2.73. The lowest BCUT2D eigenvalue weighted by Gasteiger charge is -2.07. The maximum absolute atomic E-state index is 6.03. The highest BCUT2D eigenvalue weighted by Crippen LogP contribution is 2.25. The highest BCUT2D eigenvalue weighted by molar-refractivity contribution is 6.35. The molecular formula is C11H11Cl2N3. The third kappa shape index (κ3) is 2.68. The Balaban J connectivity index is 2.07. The van der Waals surface area contributed by atoms with Gasteiger partial charge in [-0.15, -0.1) is 0 Å². The SMILES string of the molecule is Cn1cc(CNc2cc(Cl)ccc2Cl)cn1. The lowest BCUT2D eigenvalue weighted by molar-refractivity contribution is 0.767. The maximum Gasteiger partial charge on any atom is 0.0638 e. The normalized spacial score (nSPS) is 10.4. The molecule has 1 aromatic heterocycles. The minimum Gasteiger partial charge on any atom is -0.380 e. The summed E-state index contributed by atoms with van der Waals surface area (Å²) >= 11 is 11.9. The van der Waals surface area contributed by atoms with Gasteiger partial charge in [-0.25, -0.2) is 0 Å². The van der Waals surface area contributed by atoms with Crippen LogP contribution < -0.4 is 5.32 Å². The molecule has 5 heteroatoms. The molecule has 0 radical (unpaired) electrons. The molecule has 0 saturated carbocycles. The van der Waals surface area contributed by atoms with E-state index in [0.29, 0.717) is 16.6 Å². The molecule has 0 unspecified atom stereocenters. The number of benzene rings is 1. The summed E-state index contributed by atoms with van der Waals surface area (Å²) < 4.78 is 1.76. The molecule has 0 amide bonds. The molecule has 1 heterocycles. The number of hydrogen-bond acceptors (Lipinski definition) is 2. The predicted octanol–water partition coefficient (Wildman–Crippen LogP) is 3.34. The van der Waals surface area contributed by atoms with E-state index >= 15 is 0 Å². The Kier molecular flexibility index (Phi) is 3.36. The first-order valence-electron chi connectivity index (χ1n) is 4.81. The van der Waals surface area contributed by atoms with Gasteiger partial charge in [0, 0.05) is 30.4 Å². The summed E-state index contributed by atoms with van der Waals surface area (Å²) in [4.78, 5) is 0. The van der Waals surface area contributed by atoms with Gasteiger partial charge >= 0.3 is 0 Å². The summed E-state index contributed by atoms with van der Waals surface area (Å²) in [5.41, 5.74) is 1.93. The molecule has 0 bridgehead atoms. The van der Waals surface area contributed by atoms with Crippen LogP contribution in [0.15, 0.2) is 30.6 Å². The van der Waals surface area contributed by atoms with Crippen LogP contribution >= 0.6 is 23.2 Å². The van der Waals surface area contributed by atoms with Gasteiger partial charge in [0.25, 0.3) is 0 Å². The van der Waals surface area contributed by atoms with Crippen molar-refractivity contribution in [2.75, 3.05) is 5.32 Å². The van der Waals surface area contributed by atoms with Crippen LogP contribution in [0.4, 0.5) is 5.69 Å². The Labute approximate surface area is 104 Å². The maximum atomic E-state index is 6.03. The minimum atomic E-state index is 0.660. The summed E-state index contributed by atoms with van der Waals surface area (Å²) in [7, 11) is 1.88. The van der Waals surface area contributed by atoms with E-state index in [0.717, 1.165) is 11.3 Å². The van der Waals surface area contributed by atoms with Gasteiger partial charge in [-0.2, -0.15) is 5.10 Å². The number of aromatic nitrogens is 2. The van der Waals surface area contributed by atoms with Crippen molar-refractivity contribution in [3.8, 4) is 0 Å². The lowest BCUT2D eigenvalue weighted by Crippen LogP contribution is -1.98. The molecule has 0 saturated heterocycles. The number of rotatable bonds is 3. The first-order valence-corrected chi connectivity index (χ1v) is 5.57. The van der Waals surface area contributed by atoms with E-state index < -0.39 is 0 Å². The second-order valence-electron chi connectivity index (χ2n) is 3.50. The molecule has 0 aliphatic rings. The first-order chi connectivity index (χ1) is 7.65. The Morgan fingerprint density at radius 2 is 2.19 bits per heavy atom. The number of halogens is 2. The van der Waals surface area contributed by atoms with E-state index in [4.69, 9.17) is 23.2 Å². The summed E-state index contributed by atoms with van der Waals surface area (Å²) in [6.07, 6.45) is 3.76. The van der Waals surface area contributed by atoms with Gasteiger partial charge in [0.05, 0.1) is 16.9 Å². The third-order valence-electron chi connectivity index (χ3n) is 2.17. The van der Waals surface area contributed by atoms with Crippen LogP contribution in [0.1, 0.15) is 5.56 Å². The zero-order valence-corrected chi connectivity index (χ0v) is 10.3. The van der Waals surface area contributed by atoms with Gasteiger partial charge in [0.2, 0.25) is 0 Å². The molecule has 0 atom stereocenters. The van der Waals surface area contributed by atoms with Crippen molar-refractivity contribution < 1.29 is 0 Å². The molecule has 2 rings (SSSR count). The minimum absolute atomic E-state index is 0.660. The number of aryl methyl sites for hydroxylation is 1. The molecule has 2 aromatic rings. The number of nitrogens with one attached hydrogen (secondary N) is 1. The average molecular weight is 256 g/mol. The zero-order valence-electron chi connectivity index (χ0n) is 8.74. The van der Waals surface area contributed by atoms with Crippen molar-refractivity contribution >= 4 is 28.9 Å². The van der Waals surface area contributed by atoms with E-state index in [1.54, 1.807) is 22.9 Å². The Bertz CT molecular complexity index is 494. The molecule has 0 spiro atoms. The Morgan fingerprint density at radius 1 is 1.38 bits per heavy atom. The van der Waals surface area contributed by atoms with Gasteiger partial charge in [-0.3, -0.25) is 4.68 Å². The fraction of sp³-hybridized carbons (Fsp3) is 0.182. The standard InChI is InChI=1S/C11H11Cl2N3/c1-16-7-8(6-15-16)5-14-11-4-9(12)2-3-10(11)13/h2-4,6-7,14H,5H2,1H3. The monoisotopic (exact) mass is 255 g/mol. The number of nitrogens with zero attached hydrogens (tertiary/aromatic N) is 2. The van der Waals surface area contributed by atoms with E-state index in [1.165, 1.54) is 0 Å². The summed E-state index contributed by atoms with van der Waals surface area (Å²) in [5.74, 6) is 0. The molecular weight excluding hydrogens is 245 g/mol. The van der Waals surface area contributed by atoms with Gasteiger partial charge in [0.1, 0.15) is 0 Å². The molecule has 1 N–H and O–H groups in total. The topological polar surface area (TPSA) is 29.9 Å². The van der Waals surface area contributed by atoms with Crippen LogP contribution in [0.2, 0.25) is 10.0 Å². The fourth-order valence-electron chi connectivity index (χ4n) is 1.39. The second kappa shape index (κ2) is 4.76. The summed E-state index contributed by atoms with van der Waals surface area (Å²) in [5, 5.41) is 8.63. The van der Waals surface area contributed by atoms with Crippen molar-refractivity contribution in [1.29, 1.82) is 0 Å². The first kappa shape index (κ1) is 11.3. The van der Waals surface area contributed by atoms with E-state index in [9.17, 15) is 0 Å². The predicted molar refractivity (Wildman–Crippen MR) is 67.0 cm³/mol. The largest absolute Gasteiger partial charge is 0.380 e. The van der Waals surface area contributed by atoms with Gasteiger partial charge in [-0.05, 0) is 18.2 Å². The molecule has 1 aromatic carbocycles. The summed E-state index contributed by atoms with van der Waals surface area (Å²) in [6, 6.07) is 5.34. The number of hydrogen-bond donors (Lipinski definition) is 1. The van der Waals surface area contributed by atoms with Crippen molar-refractivity contribution in [3.05, 3.63) is 46.2 Å². The molecule has 16 heavy (non-hydrogen) atoms. The Hall–Kier alpha value is -1.19. The lowest BCUT2D eigenvalue weighted by atomic mass is 10.3. The van der Waals surface area contributed by atoms with Crippen molar-refractivity contribution in [3.63, 3.8) is 0 Å². The van der Waals surface area contributed by atoms with E-state index in [2.05, 4.69) is 10.4 Å². The van der Waals surface area contributed by atoms with Crippen LogP contribution in [0, 0.1) is 0 Å². The molecule has 84 valence electrons. The molecule has 0 aliphatic carbocycles. The smallest absolute Gasteiger partial charge is 0.0638 e. The van der Waals surface area contributed by atoms with Gasteiger partial charge < -0.3 is 5.32 Å². The van der Waals surface area contributed by atoms with Crippen LogP contribution in [0.25, 0.3) is 0 Å². The second-order valence-corrected chi connectivity index (χ2v) is 4.34. The van der Waals surface area contributed by atoms with Crippen LogP contribution in [0.5, 0.6) is 0 Å². The molecule has 0 aliphatic heterocycles. The van der Waals surface area contributed by atoms with Crippen LogP contribution in [-0.4, -0.2) is 9.78 Å². The molecule has 0 fully saturated rings. The number of anilines is 1. The van der Waals surface area contributed by atoms with E-state index in [-0.39, 0.29) is 0 Å². The van der Waals surface area contributed by atoms with Crippen molar-refractivity contribution in [1.82, 2.24) is 9.78 Å². The highest BCUT2D eigenvalue weighted by atomic mass is 35.5. The molecule has 3 nitrogen and oxygen atoms in total. The van der Waals surface area contributed by atoms with Gasteiger partial charge in [0.15, 0.2) is 0 Å². The summed E-state index contributed by atoms with van der Waals surface area (Å²) in [6.45, 7) is 0.675. The van der Waals surface area contributed by atoms with Crippen molar-refractivity contribution in [2.24, 2.45) is 7.05 Å². The van der Waals surface area contributed by atoms with Crippen molar-refractivity contribution in [2.45, 2.75) is 6.54 Å². The average Bonchev–Trinajstić information content (AvgIpc) is 2.66.